The normalized spacial score (nSPS) is 10.2. The van der Waals surface area contributed by atoms with E-state index in [1.807, 2.05) is 24.3 Å². The Balaban J connectivity index is 1.92. The number of rotatable bonds is 5. The van der Waals surface area contributed by atoms with Crippen molar-refractivity contribution in [2.45, 2.75) is 4.90 Å². The van der Waals surface area contributed by atoms with E-state index in [-0.39, 0.29) is 11.7 Å². The molecule has 3 N–H and O–H groups in total. The molecular weight excluding hydrogens is 308 g/mol. The van der Waals surface area contributed by atoms with Gasteiger partial charge in [0.2, 0.25) is 5.91 Å². The summed E-state index contributed by atoms with van der Waals surface area (Å²) in [5, 5.41) is 3.18. The largest absolute Gasteiger partial charge is 0.497 e. The van der Waals surface area contributed by atoms with Gasteiger partial charge in [-0.2, -0.15) is 0 Å². The number of carbonyl (C=O) groups is 1. The van der Waals surface area contributed by atoms with Crippen LogP contribution in [0, 0.1) is 0 Å². The van der Waals surface area contributed by atoms with E-state index in [1.54, 1.807) is 25.3 Å². The molecule has 0 atom stereocenters. The summed E-state index contributed by atoms with van der Waals surface area (Å²) in [6.45, 7) is 0. The van der Waals surface area contributed by atoms with Crippen LogP contribution in [0.2, 0.25) is 5.02 Å². The lowest BCUT2D eigenvalue weighted by molar-refractivity contribution is -0.113. The number of anilines is 2. The number of nitrogens with one attached hydrogen (secondary N) is 1. The molecule has 2 aromatic carbocycles. The summed E-state index contributed by atoms with van der Waals surface area (Å²) < 4.78 is 5.14. The minimum Gasteiger partial charge on any atom is -0.497 e. The first-order valence-corrected chi connectivity index (χ1v) is 7.56. The number of methoxy groups -OCH3 is 1. The van der Waals surface area contributed by atoms with Gasteiger partial charge in [0.1, 0.15) is 5.75 Å². The van der Waals surface area contributed by atoms with Crippen molar-refractivity contribution in [2.75, 3.05) is 23.9 Å². The van der Waals surface area contributed by atoms with Crippen LogP contribution in [-0.4, -0.2) is 18.8 Å². The van der Waals surface area contributed by atoms with Crippen molar-refractivity contribution in [1.29, 1.82) is 0 Å². The van der Waals surface area contributed by atoms with E-state index in [1.165, 1.54) is 11.8 Å². The van der Waals surface area contributed by atoms with Gasteiger partial charge in [0.15, 0.2) is 0 Å². The molecule has 0 bridgehead atoms. The number of carbonyl (C=O) groups excluding carboxylic acids is 1. The van der Waals surface area contributed by atoms with Gasteiger partial charge in [-0.1, -0.05) is 17.7 Å². The van der Waals surface area contributed by atoms with Crippen LogP contribution in [0.1, 0.15) is 0 Å². The molecule has 0 spiro atoms. The van der Waals surface area contributed by atoms with Crippen molar-refractivity contribution in [1.82, 2.24) is 0 Å². The van der Waals surface area contributed by atoms with Crippen molar-refractivity contribution in [3.05, 3.63) is 47.5 Å². The number of nitrogens with two attached hydrogens (primary N) is 1. The number of nitrogen functional groups attached to an aromatic ring is 1. The smallest absolute Gasteiger partial charge is 0.234 e. The summed E-state index contributed by atoms with van der Waals surface area (Å²) in [5.74, 6) is 0.921. The number of hydrogen-bond donors (Lipinski definition) is 2. The van der Waals surface area contributed by atoms with Crippen molar-refractivity contribution in [3.8, 4) is 5.75 Å². The summed E-state index contributed by atoms with van der Waals surface area (Å²) in [6, 6.07) is 12.5. The molecule has 2 aromatic rings. The Bertz CT molecular complexity index is 649. The maximum absolute atomic E-state index is 11.9. The molecule has 6 heteroatoms. The summed E-state index contributed by atoms with van der Waals surface area (Å²) in [4.78, 5) is 12.9. The van der Waals surface area contributed by atoms with E-state index < -0.39 is 0 Å². The van der Waals surface area contributed by atoms with Gasteiger partial charge in [-0.05, 0) is 36.4 Å². The molecule has 110 valence electrons. The second-order valence-electron chi connectivity index (χ2n) is 4.26. The lowest BCUT2D eigenvalue weighted by Crippen LogP contribution is -2.14. The number of thioether (sulfide) groups is 1. The second kappa shape index (κ2) is 7.24. The molecule has 0 saturated heterocycles. The predicted octanol–water partition coefficient (Wildman–Crippen LogP) is 3.66. The average Bonchev–Trinajstić information content (AvgIpc) is 2.48. The van der Waals surface area contributed by atoms with E-state index in [4.69, 9.17) is 22.1 Å². The lowest BCUT2D eigenvalue weighted by Gasteiger charge is -2.08. The number of amides is 1. The van der Waals surface area contributed by atoms with Gasteiger partial charge in [-0.15, -0.1) is 11.8 Å². The Hall–Kier alpha value is -1.85. The van der Waals surface area contributed by atoms with Gasteiger partial charge < -0.3 is 15.8 Å². The highest BCUT2D eigenvalue weighted by Crippen LogP contribution is 2.26. The van der Waals surface area contributed by atoms with Gasteiger partial charge in [0.25, 0.3) is 0 Å². The topological polar surface area (TPSA) is 64.3 Å². The molecular formula is C15H15ClN2O2S. The van der Waals surface area contributed by atoms with E-state index in [0.717, 1.165) is 10.6 Å². The molecule has 0 aliphatic rings. The van der Waals surface area contributed by atoms with Crippen molar-refractivity contribution in [3.63, 3.8) is 0 Å². The van der Waals surface area contributed by atoms with Crippen LogP contribution in [-0.2, 0) is 4.79 Å². The summed E-state index contributed by atoms with van der Waals surface area (Å²) in [5.41, 5.74) is 6.72. The molecule has 2 rings (SSSR count). The fourth-order valence-electron chi connectivity index (χ4n) is 1.66. The van der Waals surface area contributed by atoms with Crippen LogP contribution in [0.25, 0.3) is 0 Å². The molecule has 0 saturated carbocycles. The van der Waals surface area contributed by atoms with Gasteiger partial charge in [0.05, 0.1) is 23.6 Å². The highest BCUT2D eigenvalue weighted by Gasteiger charge is 2.07. The fraction of sp³-hybridized carbons (Fsp3) is 0.133. The maximum atomic E-state index is 11.9. The quantitative estimate of drug-likeness (QED) is 0.651. The minimum atomic E-state index is -0.130. The fourth-order valence-corrected chi connectivity index (χ4v) is 2.64. The molecule has 0 aliphatic heterocycles. The van der Waals surface area contributed by atoms with Crippen LogP contribution in [0.5, 0.6) is 5.75 Å². The number of hydrogen-bond acceptors (Lipinski definition) is 4. The monoisotopic (exact) mass is 322 g/mol. The zero-order chi connectivity index (χ0) is 15.2. The Morgan fingerprint density at radius 2 is 2.14 bits per heavy atom. The number of halogens is 1. The maximum Gasteiger partial charge on any atom is 0.234 e. The third-order valence-corrected chi connectivity index (χ3v) is 3.98. The number of benzene rings is 2. The molecule has 0 heterocycles. The molecule has 4 nitrogen and oxygen atoms in total. The summed E-state index contributed by atoms with van der Waals surface area (Å²) in [6.07, 6.45) is 0. The van der Waals surface area contributed by atoms with Crippen LogP contribution in [0.4, 0.5) is 11.4 Å². The highest BCUT2D eigenvalue weighted by molar-refractivity contribution is 8.00. The predicted molar refractivity (Wildman–Crippen MR) is 88.2 cm³/mol. The standard InChI is InChI=1S/C15H15ClN2O2S/c1-20-11-3-2-4-12(8-11)21-9-15(19)18-14-6-5-10(17)7-13(14)16/h2-8H,9,17H2,1H3,(H,18,19). The van der Waals surface area contributed by atoms with E-state index in [9.17, 15) is 4.79 Å². The van der Waals surface area contributed by atoms with Gasteiger partial charge in [-0.3, -0.25) is 4.79 Å². The number of ether oxygens (including phenoxy) is 1. The first-order chi connectivity index (χ1) is 10.1. The Morgan fingerprint density at radius 3 is 2.86 bits per heavy atom. The molecule has 0 aromatic heterocycles. The van der Waals surface area contributed by atoms with Gasteiger partial charge in [0, 0.05) is 10.6 Å². The zero-order valence-corrected chi connectivity index (χ0v) is 13.0. The molecule has 0 unspecified atom stereocenters. The van der Waals surface area contributed by atoms with Gasteiger partial charge in [-0.25, -0.2) is 0 Å². The SMILES string of the molecule is COc1cccc(SCC(=O)Nc2ccc(N)cc2Cl)c1. The average molecular weight is 323 g/mol. The highest BCUT2D eigenvalue weighted by atomic mass is 35.5. The third kappa shape index (κ3) is 4.58. The van der Waals surface area contributed by atoms with Gasteiger partial charge >= 0.3 is 0 Å². The lowest BCUT2D eigenvalue weighted by atomic mass is 10.3. The molecule has 0 fully saturated rings. The van der Waals surface area contributed by atoms with E-state index >= 15 is 0 Å². The second-order valence-corrected chi connectivity index (χ2v) is 5.71. The zero-order valence-electron chi connectivity index (χ0n) is 11.4. The van der Waals surface area contributed by atoms with Crippen LogP contribution >= 0.6 is 23.4 Å². The van der Waals surface area contributed by atoms with Crippen molar-refractivity contribution in [2.24, 2.45) is 0 Å². The summed E-state index contributed by atoms with van der Waals surface area (Å²) in [7, 11) is 1.61. The van der Waals surface area contributed by atoms with Crippen LogP contribution in [0.15, 0.2) is 47.4 Å². The van der Waals surface area contributed by atoms with Crippen molar-refractivity contribution >= 4 is 40.6 Å². The third-order valence-electron chi connectivity index (χ3n) is 2.68. The van der Waals surface area contributed by atoms with Crippen LogP contribution < -0.4 is 15.8 Å². The first-order valence-electron chi connectivity index (χ1n) is 6.20. The minimum absolute atomic E-state index is 0.130. The summed E-state index contributed by atoms with van der Waals surface area (Å²) >= 11 is 7.44. The molecule has 0 aliphatic carbocycles. The molecule has 1 amide bonds. The molecule has 21 heavy (non-hydrogen) atoms. The Morgan fingerprint density at radius 1 is 1.33 bits per heavy atom. The first kappa shape index (κ1) is 15.5. The Kier molecular flexibility index (Phi) is 5.36. The van der Waals surface area contributed by atoms with Crippen LogP contribution in [0.3, 0.4) is 0 Å². The van der Waals surface area contributed by atoms with E-state index in [2.05, 4.69) is 5.32 Å². The van der Waals surface area contributed by atoms with Crippen molar-refractivity contribution < 1.29 is 9.53 Å². The van der Waals surface area contributed by atoms with E-state index in [0.29, 0.717) is 16.4 Å². The Labute approximate surface area is 132 Å². The molecule has 0 radical (unpaired) electrons.